The summed E-state index contributed by atoms with van der Waals surface area (Å²) in [4.78, 5) is 17.0. The molecule has 4 rings (SSSR count). The molecule has 8 nitrogen and oxygen atoms in total. The highest BCUT2D eigenvalue weighted by atomic mass is 32.2. The molecule has 1 fully saturated rings. The summed E-state index contributed by atoms with van der Waals surface area (Å²) in [6, 6.07) is 7.53. The van der Waals surface area contributed by atoms with E-state index in [1.807, 2.05) is 0 Å². The predicted octanol–water partition coefficient (Wildman–Crippen LogP) is 5.06. The molecule has 4 N–H and O–H groups in total. The SMILES string of the molecule is CC[C@H](O)CCNc1cc(C(F)(F)F)nc2ccc(C(=O)NC3(c4cc(C)c(NS(C)(=O)=O)cc4F)CC3)cc12. The van der Waals surface area contributed by atoms with Gasteiger partial charge in [0.25, 0.3) is 5.91 Å². The van der Waals surface area contributed by atoms with Gasteiger partial charge in [-0.1, -0.05) is 6.92 Å². The van der Waals surface area contributed by atoms with E-state index in [0.29, 0.717) is 31.2 Å². The van der Waals surface area contributed by atoms with E-state index in [0.717, 1.165) is 18.4 Å². The number of sulfonamides is 1. The number of pyridine rings is 1. The van der Waals surface area contributed by atoms with Crippen LogP contribution in [0.25, 0.3) is 10.9 Å². The molecule has 0 aliphatic heterocycles. The van der Waals surface area contributed by atoms with Gasteiger partial charge in [-0.2, -0.15) is 13.2 Å². The minimum atomic E-state index is -4.68. The number of anilines is 2. The highest BCUT2D eigenvalue weighted by molar-refractivity contribution is 7.92. The average molecular weight is 583 g/mol. The Kier molecular flexibility index (Phi) is 8.01. The minimum absolute atomic E-state index is 0.0293. The van der Waals surface area contributed by atoms with Crippen molar-refractivity contribution in [3.8, 4) is 0 Å². The zero-order valence-corrected chi connectivity index (χ0v) is 22.9. The summed E-state index contributed by atoms with van der Waals surface area (Å²) in [7, 11) is -3.62. The van der Waals surface area contributed by atoms with E-state index in [-0.39, 0.29) is 39.9 Å². The van der Waals surface area contributed by atoms with Crippen molar-refractivity contribution < 1.29 is 35.9 Å². The Morgan fingerprint density at radius 2 is 1.85 bits per heavy atom. The van der Waals surface area contributed by atoms with Crippen molar-refractivity contribution >= 4 is 38.2 Å². The molecule has 0 unspecified atom stereocenters. The lowest BCUT2D eigenvalue weighted by molar-refractivity contribution is -0.140. The van der Waals surface area contributed by atoms with Gasteiger partial charge in [0.2, 0.25) is 10.0 Å². The van der Waals surface area contributed by atoms with E-state index in [1.54, 1.807) is 13.8 Å². The first-order chi connectivity index (χ1) is 18.6. The van der Waals surface area contributed by atoms with Crippen molar-refractivity contribution in [1.29, 1.82) is 0 Å². The highest BCUT2D eigenvalue weighted by Gasteiger charge is 2.48. The number of fused-ring (bicyclic) bond motifs is 1. The first kappa shape index (κ1) is 29.5. The highest BCUT2D eigenvalue weighted by Crippen LogP contribution is 2.47. The van der Waals surface area contributed by atoms with Gasteiger partial charge in [0.05, 0.1) is 29.1 Å². The van der Waals surface area contributed by atoms with Crippen LogP contribution in [0.15, 0.2) is 36.4 Å². The molecule has 40 heavy (non-hydrogen) atoms. The maximum Gasteiger partial charge on any atom is 0.433 e. The topological polar surface area (TPSA) is 120 Å². The quantitative estimate of drug-likeness (QED) is 0.248. The number of aliphatic hydroxyl groups is 1. The zero-order chi connectivity index (χ0) is 29.5. The van der Waals surface area contributed by atoms with E-state index in [2.05, 4.69) is 20.3 Å². The number of hydrogen-bond acceptors (Lipinski definition) is 6. The number of benzene rings is 2. The fourth-order valence-corrected chi connectivity index (χ4v) is 5.09. The van der Waals surface area contributed by atoms with E-state index in [9.17, 15) is 31.5 Å². The van der Waals surface area contributed by atoms with E-state index < -0.39 is 45.3 Å². The Morgan fingerprint density at radius 1 is 1.15 bits per heavy atom. The van der Waals surface area contributed by atoms with Gasteiger partial charge < -0.3 is 15.7 Å². The lowest BCUT2D eigenvalue weighted by Gasteiger charge is -2.21. The van der Waals surface area contributed by atoms with Crippen LogP contribution in [-0.4, -0.2) is 43.3 Å². The summed E-state index contributed by atoms with van der Waals surface area (Å²) in [5.41, 5.74) is -1.02. The third-order valence-electron chi connectivity index (χ3n) is 6.85. The number of alkyl halides is 3. The molecular formula is C27H30F4N4O4S. The lowest BCUT2D eigenvalue weighted by Crippen LogP contribution is -2.35. The van der Waals surface area contributed by atoms with Crippen LogP contribution in [0.2, 0.25) is 0 Å². The first-order valence-electron chi connectivity index (χ1n) is 12.7. The fourth-order valence-electron chi connectivity index (χ4n) is 4.47. The number of rotatable bonds is 10. The number of carbonyl (C=O) groups excluding carboxylic acids is 1. The van der Waals surface area contributed by atoms with Crippen LogP contribution in [0.3, 0.4) is 0 Å². The van der Waals surface area contributed by atoms with Crippen LogP contribution in [0.5, 0.6) is 0 Å². The molecule has 0 bridgehead atoms. The van der Waals surface area contributed by atoms with Gasteiger partial charge >= 0.3 is 6.18 Å². The van der Waals surface area contributed by atoms with Crippen molar-refractivity contribution in [3.05, 3.63) is 64.6 Å². The van der Waals surface area contributed by atoms with Gasteiger partial charge in [-0.3, -0.25) is 9.52 Å². The molecule has 1 aliphatic carbocycles. The van der Waals surface area contributed by atoms with Crippen molar-refractivity contribution in [2.24, 2.45) is 0 Å². The van der Waals surface area contributed by atoms with E-state index >= 15 is 4.39 Å². The largest absolute Gasteiger partial charge is 0.433 e. The number of aliphatic hydroxyl groups excluding tert-OH is 1. The molecule has 0 radical (unpaired) electrons. The number of nitrogens with one attached hydrogen (secondary N) is 3. The van der Waals surface area contributed by atoms with Gasteiger partial charge in [-0.05, 0) is 74.6 Å². The second-order valence-corrected chi connectivity index (χ2v) is 11.9. The van der Waals surface area contributed by atoms with Crippen LogP contribution < -0.4 is 15.4 Å². The van der Waals surface area contributed by atoms with Crippen LogP contribution in [0.4, 0.5) is 28.9 Å². The normalized spacial score (nSPS) is 15.5. The molecule has 216 valence electrons. The van der Waals surface area contributed by atoms with Crippen LogP contribution in [-0.2, 0) is 21.7 Å². The lowest BCUT2D eigenvalue weighted by atomic mass is 9.99. The van der Waals surface area contributed by atoms with Crippen LogP contribution in [0, 0.1) is 12.7 Å². The third kappa shape index (κ3) is 6.64. The number of nitrogens with zero attached hydrogens (tertiary/aromatic N) is 1. The molecular weight excluding hydrogens is 552 g/mol. The summed E-state index contributed by atoms with van der Waals surface area (Å²) in [6.07, 6.45) is -2.63. The Balaban J connectivity index is 1.63. The van der Waals surface area contributed by atoms with Crippen LogP contribution >= 0.6 is 0 Å². The van der Waals surface area contributed by atoms with Gasteiger partial charge in [0, 0.05) is 28.7 Å². The molecule has 2 aromatic carbocycles. The first-order valence-corrected chi connectivity index (χ1v) is 14.6. The zero-order valence-electron chi connectivity index (χ0n) is 22.1. The Morgan fingerprint density at radius 3 is 2.45 bits per heavy atom. The van der Waals surface area contributed by atoms with Crippen LogP contribution in [0.1, 0.15) is 59.8 Å². The maximum absolute atomic E-state index is 15.1. The van der Waals surface area contributed by atoms with Gasteiger partial charge in [-0.25, -0.2) is 17.8 Å². The maximum atomic E-state index is 15.1. The Bertz CT molecular complexity index is 1560. The summed E-state index contributed by atoms with van der Waals surface area (Å²) in [5.74, 6) is -1.24. The second-order valence-electron chi connectivity index (χ2n) is 10.1. The Hall–Kier alpha value is -3.45. The Labute approximate surface area is 229 Å². The second kappa shape index (κ2) is 10.8. The van der Waals surface area contributed by atoms with Crippen molar-refractivity contribution in [2.75, 3.05) is 22.8 Å². The minimum Gasteiger partial charge on any atom is -0.393 e. The molecule has 1 aliphatic rings. The van der Waals surface area contributed by atoms with Gasteiger partial charge in [0.15, 0.2) is 0 Å². The fraction of sp³-hybridized carbons (Fsp3) is 0.407. The summed E-state index contributed by atoms with van der Waals surface area (Å²) < 4.78 is 80.9. The molecule has 0 saturated heterocycles. The van der Waals surface area contributed by atoms with Crippen molar-refractivity contribution in [3.63, 3.8) is 0 Å². The summed E-state index contributed by atoms with van der Waals surface area (Å²) in [5, 5.41) is 15.9. The number of carbonyl (C=O) groups is 1. The van der Waals surface area contributed by atoms with Crippen molar-refractivity contribution in [1.82, 2.24) is 10.3 Å². The van der Waals surface area contributed by atoms with E-state index in [4.69, 9.17) is 0 Å². The molecule has 1 atom stereocenters. The standard InChI is InChI=1S/C27H30F4N4O4S/c1-4-17(36)7-10-32-23-14-24(27(29,30)31)33-21-6-5-16(12-18(21)23)25(37)34-26(8-9-26)19-11-15(2)22(13-20(19)28)35-40(3,38)39/h5-6,11-14,17,35-36H,4,7-10H2,1-3H3,(H,32,33)(H,34,37)/t17-/m0/s1. The third-order valence-corrected chi connectivity index (χ3v) is 7.44. The monoisotopic (exact) mass is 582 g/mol. The molecule has 1 aromatic heterocycles. The summed E-state index contributed by atoms with van der Waals surface area (Å²) >= 11 is 0. The molecule has 13 heteroatoms. The number of aromatic nitrogens is 1. The number of amides is 1. The van der Waals surface area contributed by atoms with Gasteiger partial charge in [-0.15, -0.1) is 0 Å². The van der Waals surface area contributed by atoms with Gasteiger partial charge in [0.1, 0.15) is 11.5 Å². The molecule has 0 spiro atoms. The molecule has 1 heterocycles. The van der Waals surface area contributed by atoms with E-state index in [1.165, 1.54) is 24.3 Å². The number of halogens is 4. The number of aryl methyl sites for hydroxylation is 1. The smallest absolute Gasteiger partial charge is 0.393 e. The number of hydrogen-bond donors (Lipinski definition) is 4. The predicted molar refractivity (Wildman–Crippen MR) is 144 cm³/mol. The average Bonchev–Trinajstić information content (AvgIpc) is 3.64. The molecule has 1 saturated carbocycles. The summed E-state index contributed by atoms with van der Waals surface area (Å²) in [6.45, 7) is 3.61. The molecule has 3 aromatic rings. The van der Waals surface area contributed by atoms with Crippen molar-refractivity contribution in [2.45, 2.75) is 57.3 Å². The molecule has 1 amide bonds.